The minimum absolute atomic E-state index is 0.549. The molecular formula is C14H10ClNOS. The maximum atomic E-state index is 5.99. The third kappa shape index (κ3) is 1.96. The highest BCUT2D eigenvalue weighted by Crippen LogP contribution is 2.40. The number of aromatic nitrogens is 1. The van der Waals surface area contributed by atoms with Crippen molar-refractivity contribution in [3.63, 3.8) is 0 Å². The lowest BCUT2D eigenvalue weighted by atomic mass is 10.0. The third-order valence-corrected chi connectivity index (χ3v) is 4.10. The van der Waals surface area contributed by atoms with E-state index in [0.717, 1.165) is 25.9 Å². The number of hydrogen-bond acceptors (Lipinski definition) is 3. The second kappa shape index (κ2) is 4.59. The van der Waals surface area contributed by atoms with Crippen LogP contribution in [0.4, 0.5) is 0 Å². The van der Waals surface area contributed by atoms with E-state index in [2.05, 4.69) is 11.6 Å². The summed E-state index contributed by atoms with van der Waals surface area (Å²) in [4.78, 5) is 5.16. The van der Waals surface area contributed by atoms with Crippen molar-refractivity contribution in [1.29, 1.82) is 0 Å². The lowest BCUT2D eigenvalue weighted by Crippen LogP contribution is -1.87. The molecule has 0 bridgehead atoms. The van der Waals surface area contributed by atoms with Crippen molar-refractivity contribution in [2.24, 2.45) is 0 Å². The summed E-state index contributed by atoms with van der Waals surface area (Å²) in [5, 5.41) is 0. The van der Waals surface area contributed by atoms with E-state index in [1.165, 1.54) is 0 Å². The molecule has 0 atom stereocenters. The van der Waals surface area contributed by atoms with Crippen LogP contribution in [0.25, 0.3) is 11.1 Å². The van der Waals surface area contributed by atoms with Crippen molar-refractivity contribution >= 4 is 34.1 Å². The number of pyridine rings is 1. The van der Waals surface area contributed by atoms with Crippen LogP contribution < -0.4 is 0 Å². The van der Waals surface area contributed by atoms with Crippen molar-refractivity contribution in [3.05, 3.63) is 63.8 Å². The Balaban J connectivity index is 2.15. The monoisotopic (exact) mass is 275 g/mol. The van der Waals surface area contributed by atoms with Gasteiger partial charge in [0.05, 0.1) is 4.34 Å². The van der Waals surface area contributed by atoms with E-state index in [1.807, 2.05) is 24.3 Å². The fourth-order valence-electron chi connectivity index (χ4n) is 2.00. The number of thiophene rings is 1. The highest BCUT2D eigenvalue weighted by Gasteiger charge is 2.23. The van der Waals surface area contributed by atoms with Crippen LogP contribution in [0.1, 0.15) is 10.4 Å². The topological polar surface area (TPSA) is 22.1 Å². The summed E-state index contributed by atoms with van der Waals surface area (Å²) in [7, 11) is 0. The van der Waals surface area contributed by atoms with Crippen molar-refractivity contribution in [3.8, 4) is 0 Å². The minimum atomic E-state index is 0.549. The van der Waals surface area contributed by atoms with Gasteiger partial charge in [0, 0.05) is 28.4 Å². The molecule has 0 amide bonds. The summed E-state index contributed by atoms with van der Waals surface area (Å²) in [5.74, 6) is 0.709. The fourth-order valence-corrected chi connectivity index (χ4v) is 3.08. The second-order valence-electron chi connectivity index (χ2n) is 3.91. The van der Waals surface area contributed by atoms with Crippen molar-refractivity contribution in [2.75, 3.05) is 6.61 Å². The first kappa shape index (κ1) is 11.5. The standard InChI is InChI=1S/C14H10ClNOS/c1-9-14(10-4-6-16-7-5-10)11(8-17-9)12-2-3-13(15)18-12/h2-7H,1,8H2. The molecule has 2 aromatic heterocycles. The number of allylic oxidation sites excluding steroid dienone is 1. The first-order valence-corrected chi connectivity index (χ1v) is 6.66. The van der Waals surface area contributed by atoms with Crippen LogP contribution in [-0.2, 0) is 4.74 Å². The van der Waals surface area contributed by atoms with Crippen molar-refractivity contribution < 1.29 is 4.74 Å². The fraction of sp³-hybridized carbons (Fsp3) is 0.0714. The molecule has 0 unspecified atom stereocenters. The van der Waals surface area contributed by atoms with Crippen LogP contribution in [0.5, 0.6) is 0 Å². The van der Waals surface area contributed by atoms with Crippen LogP contribution in [0, 0.1) is 0 Å². The Labute approximate surface area is 114 Å². The van der Waals surface area contributed by atoms with Crippen LogP contribution in [-0.4, -0.2) is 11.6 Å². The Morgan fingerprint density at radius 1 is 1.22 bits per heavy atom. The molecule has 1 aliphatic heterocycles. The Morgan fingerprint density at radius 3 is 2.67 bits per heavy atom. The van der Waals surface area contributed by atoms with Gasteiger partial charge in [-0.05, 0) is 29.8 Å². The number of nitrogens with zero attached hydrogens (tertiary/aromatic N) is 1. The van der Waals surface area contributed by atoms with Gasteiger partial charge in [-0.2, -0.15) is 0 Å². The Kier molecular flexibility index (Phi) is 2.94. The van der Waals surface area contributed by atoms with Crippen molar-refractivity contribution in [2.45, 2.75) is 0 Å². The first-order chi connectivity index (χ1) is 8.75. The van der Waals surface area contributed by atoms with Gasteiger partial charge >= 0.3 is 0 Å². The lowest BCUT2D eigenvalue weighted by Gasteiger charge is -2.04. The first-order valence-electron chi connectivity index (χ1n) is 5.47. The van der Waals surface area contributed by atoms with Crippen LogP contribution >= 0.6 is 22.9 Å². The highest BCUT2D eigenvalue weighted by molar-refractivity contribution is 7.17. The molecule has 0 aromatic carbocycles. The van der Waals surface area contributed by atoms with Gasteiger partial charge < -0.3 is 4.74 Å². The Bertz CT molecular complexity index is 630. The molecule has 18 heavy (non-hydrogen) atoms. The summed E-state index contributed by atoms with van der Waals surface area (Å²) < 4.78 is 6.35. The predicted octanol–water partition coefficient (Wildman–Crippen LogP) is 4.25. The minimum Gasteiger partial charge on any atom is -0.489 e. The maximum Gasteiger partial charge on any atom is 0.120 e. The van der Waals surface area contributed by atoms with E-state index in [4.69, 9.17) is 16.3 Å². The molecule has 2 nitrogen and oxygen atoms in total. The largest absolute Gasteiger partial charge is 0.489 e. The number of rotatable bonds is 2. The molecule has 0 saturated carbocycles. The number of hydrogen-bond donors (Lipinski definition) is 0. The second-order valence-corrected chi connectivity index (χ2v) is 5.62. The zero-order valence-corrected chi connectivity index (χ0v) is 11.1. The average Bonchev–Trinajstić information content (AvgIpc) is 2.96. The van der Waals surface area contributed by atoms with E-state index in [9.17, 15) is 0 Å². The normalized spacial score (nSPS) is 15.1. The average molecular weight is 276 g/mol. The van der Waals surface area contributed by atoms with Crippen LogP contribution in [0.3, 0.4) is 0 Å². The third-order valence-electron chi connectivity index (χ3n) is 2.81. The molecular weight excluding hydrogens is 266 g/mol. The number of halogens is 1. The van der Waals surface area contributed by atoms with Gasteiger partial charge in [0.15, 0.2) is 0 Å². The van der Waals surface area contributed by atoms with Gasteiger partial charge in [-0.25, -0.2) is 0 Å². The van der Waals surface area contributed by atoms with E-state index < -0.39 is 0 Å². The molecule has 90 valence electrons. The molecule has 4 heteroatoms. The van der Waals surface area contributed by atoms with E-state index in [1.54, 1.807) is 23.7 Å². The van der Waals surface area contributed by atoms with Gasteiger partial charge in [-0.3, -0.25) is 4.98 Å². The van der Waals surface area contributed by atoms with E-state index in [0.29, 0.717) is 12.4 Å². The molecule has 0 aliphatic carbocycles. The summed E-state index contributed by atoms with van der Waals surface area (Å²) in [6.07, 6.45) is 3.54. The molecule has 0 radical (unpaired) electrons. The Hall–Kier alpha value is -1.58. The Morgan fingerprint density at radius 2 is 2.00 bits per heavy atom. The maximum absolute atomic E-state index is 5.99. The lowest BCUT2D eigenvalue weighted by molar-refractivity contribution is 0.286. The van der Waals surface area contributed by atoms with Gasteiger partial charge in [-0.15, -0.1) is 11.3 Å². The summed E-state index contributed by atoms with van der Waals surface area (Å²) in [5.41, 5.74) is 3.27. The molecule has 0 N–H and O–H groups in total. The van der Waals surface area contributed by atoms with Gasteiger partial charge in [0.2, 0.25) is 0 Å². The molecule has 0 fully saturated rings. The number of ether oxygens (including phenoxy) is 1. The molecule has 3 rings (SSSR count). The molecule has 1 aliphatic rings. The summed E-state index contributed by atoms with van der Waals surface area (Å²) in [6.45, 7) is 4.51. The van der Waals surface area contributed by atoms with E-state index >= 15 is 0 Å². The molecule has 0 spiro atoms. The molecule has 2 aromatic rings. The zero-order chi connectivity index (χ0) is 12.5. The molecule has 0 saturated heterocycles. The van der Waals surface area contributed by atoms with E-state index in [-0.39, 0.29) is 0 Å². The quantitative estimate of drug-likeness (QED) is 0.817. The highest BCUT2D eigenvalue weighted by atomic mass is 35.5. The smallest absolute Gasteiger partial charge is 0.120 e. The molecule has 3 heterocycles. The van der Waals surface area contributed by atoms with Crippen LogP contribution in [0.15, 0.2) is 49.0 Å². The SMILES string of the molecule is C=C1OCC(c2ccc(Cl)s2)=C1c1ccncc1. The predicted molar refractivity (Wildman–Crippen MR) is 75.5 cm³/mol. The van der Waals surface area contributed by atoms with Gasteiger partial charge in [0.25, 0.3) is 0 Å². The summed E-state index contributed by atoms with van der Waals surface area (Å²) >= 11 is 7.55. The van der Waals surface area contributed by atoms with Crippen LogP contribution in [0.2, 0.25) is 4.34 Å². The van der Waals surface area contributed by atoms with Crippen molar-refractivity contribution in [1.82, 2.24) is 4.98 Å². The van der Waals surface area contributed by atoms with Gasteiger partial charge in [-0.1, -0.05) is 18.2 Å². The van der Waals surface area contributed by atoms with Gasteiger partial charge in [0.1, 0.15) is 12.4 Å². The summed E-state index contributed by atoms with van der Waals surface area (Å²) in [6, 6.07) is 7.85. The zero-order valence-electron chi connectivity index (χ0n) is 9.52.